The number of aliphatic hydroxyl groups is 1. The Bertz CT molecular complexity index is 209. The lowest BCUT2D eigenvalue weighted by Gasteiger charge is -2.32. The van der Waals surface area contributed by atoms with E-state index in [-0.39, 0.29) is 24.7 Å². The van der Waals surface area contributed by atoms with Gasteiger partial charge >= 0.3 is 0 Å². The molecule has 88 valence electrons. The maximum atomic E-state index is 11.7. The van der Waals surface area contributed by atoms with E-state index in [1.165, 1.54) is 0 Å². The summed E-state index contributed by atoms with van der Waals surface area (Å²) >= 11 is 0. The maximum Gasteiger partial charge on any atom is 0.222 e. The fourth-order valence-electron chi connectivity index (χ4n) is 1.57. The number of carbonyl (C=O) groups is 1. The lowest BCUT2D eigenvalue weighted by atomic mass is 10.1. The third-order valence-electron chi connectivity index (χ3n) is 2.51. The van der Waals surface area contributed by atoms with Gasteiger partial charge in [0.25, 0.3) is 0 Å². The molecule has 0 aliphatic carbocycles. The number of morpholine rings is 1. The van der Waals surface area contributed by atoms with Crippen LogP contribution in [0, 0.1) is 0 Å². The number of nitrogens with two attached hydrogens (primary N) is 1. The average Bonchev–Trinajstić information content (AvgIpc) is 2.26. The van der Waals surface area contributed by atoms with Gasteiger partial charge in [0.05, 0.1) is 19.3 Å². The lowest BCUT2D eigenvalue weighted by molar-refractivity contribution is -0.140. The van der Waals surface area contributed by atoms with Gasteiger partial charge in [-0.05, 0) is 13.3 Å². The fraction of sp³-hybridized carbons (Fsp3) is 0.900. The van der Waals surface area contributed by atoms with E-state index in [0.717, 1.165) is 0 Å². The van der Waals surface area contributed by atoms with Crippen molar-refractivity contribution in [3.8, 4) is 0 Å². The Morgan fingerprint density at radius 2 is 2.47 bits per heavy atom. The van der Waals surface area contributed by atoms with E-state index in [1.807, 2.05) is 6.92 Å². The molecule has 0 spiro atoms. The molecule has 0 bridgehead atoms. The minimum absolute atomic E-state index is 0.0307. The molecule has 15 heavy (non-hydrogen) atoms. The predicted octanol–water partition coefficient (Wildman–Crippen LogP) is -0.666. The minimum Gasteiger partial charge on any atom is -0.394 e. The highest BCUT2D eigenvalue weighted by molar-refractivity contribution is 5.76. The molecule has 1 aliphatic heterocycles. The molecule has 0 aromatic heterocycles. The Morgan fingerprint density at radius 3 is 3.07 bits per heavy atom. The first kappa shape index (κ1) is 12.4. The monoisotopic (exact) mass is 216 g/mol. The predicted molar refractivity (Wildman–Crippen MR) is 56.3 cm³/mol. The second-order valence-corrected chi connectivity index (χ2v) is 4.03. The molecule has 5 heteroatoms. The third kappa shape index (κ3) is 4.15. The molecular formula is C10H20N2O3. The fourth-order valence-corrected chi connectivity index (χ4v) is 1.57. The Kier molecular flexibility index (Phi) is 5.01. The first-order chi connectivity index (χ1) is 7.13. The summed E-state index contributed by atoms with van der Waals surface area (Å²) in [5, 5.41) is 8.93. The van der Waals surface area contributed by atoms with E-state index in [2.05, 4.69) is 0 Å². The zero-order chi connectivity index (χ0) is 11.3. The summed E-state index contributed by atoms with van der Waals surface area (Å²) < 4.78 is 5.26. The number of rotatable bonds is 4. The summed E-state index contributed by atoms with van der Waals surface area (Å²) in [6, 6.07) is 0.0589. The molecule has 1 aliphatic rings. The summed E-state index contributed by atoms with van der Waals surface area (Å²) in [7, 11) is 0. The summed E-state index contributed by atoms with van der Waals surface area (Å²) in [6.45, 7) is 3.48. The zero-order valence-corrected chi connectivity index (χ0v) is 9.19. The van der Waals surface area contributed by atoms with Crippen LogP contribution >= 0.6 is 0 Å². The second kappa shape index (κ2) is 6.05. The molecule has 2 atom stereocenters. The van der Waals surface area contributed by atoms with Crippen molar-refractivity contribution in [1.82, 2.24) is 4.90 Å². The van der Waals surface area contributed by atoms with Gasteiger partial charge in [0.15, 0.2) is 0 Å². The summed E-state index contributed by atoms with van der Waals surface area (Å²) in [5.74, 6) is 0.106. The Hall–Kier alpha value is -0.650. The Labute approximate surface area is 90.2 Å². The topological polar surface area (TPSA) is 75.8 Å². The number of aliphatic hydroxyl groups excluding tert-OH is 1. The summed E-state index contributed by atoms with van der Waals surface area (Å²) in [5.41, 5.74) is 5.59. The van der Waals surface area contributed by atoms with Crippen LogP contribution in [-0.4, -0.2) is 54.4 Å². The van der Waals surface area contributed by atoms with Crippen molar-refractivity contribution in [1.29, 1.82) is 0 Å². The molecule has 0 saturated carbocycles. The van der Waals surface area contributed by atoms with E-state index in [1.54, 1.807) is 4.90 Å². The molecule has 1 saturated heterocycles. The van der Waals surface area contributed by atoms with Crippen molar-refractivity contribution in [3.63, 3.8) is 0 Å². The van der Waals surface area contributed by atoms with E-state index in [4.69, 9.17) is 15.6 Å². The number of hydrogen-bond acceptors (Lipinski definition) is 4. The van der Waals surface area contributed by atoms with Crippen molar-refractivity contribution < 1.29 is 14.6 Å². The number of hydrogen-bond donors (Lipinski definition) is 2. The molecule has 0 aromatic rings. The van der Waals surface area contributed by atoms with E-state index in [9.17, 15) is 4.79 Å². The van der Waals surface area contributed by atoms with E-state index >= 15 is 0 Å². The van der Waals surface area contributed by atoms with Crippen LogP contribution in [0.3, 0.4) is 0 Å². The smallest absolute Gasteiger partial charge is 0.222 e. The van der Waals surface area contributed by atoms with Gasteiger partial charge in [0, 0.05) is 25.6 Å². The average molecular weight is 216 g/mol. The lowest BCUT2D eigenvalue weighted by Crippen LogP contribution is -2.47. The van der Waals surface area contributed by atoms with Crippen molar-refractivity contribution in [2.75, 3.05) is 26.3 Å². The van der Waals surface area contributed by atoms with Crippen LogP contribution < -0.4 is 5.73 Å². The number of nitrogens with zero attached hydrogens (tertiary/aromatic N) is 1. The van der Waals surface area contributed by atoms with Gasteiger partial charge in [-0.3, -0.25) is 4.79 Å². The van der Waals surface area contributed by atoms with E-state index in [0.29, 0.717) is 32.5 Å². The molecule has 5 nitrogen and oxygen atoms in total. The third-order valence-corrected chi connectivity index (χ3v) is 2.51. The normalized spacial score (nSPS) is 23.9. The van der Waals surface area contributed by atoms with Gasteiger partial charge in [-0.25, -0.2) is 0 Å². The molecule has 1 amide bonds. The quantitative estimate of drug-likeness (QED) is 0.653. The molecule has 0 radical (unpaired) electrons. The Morgan fingerprint density at radius 1 is 1.73 bits per heavy atom. The van der Waals surface area contributed by atoms with Gasteiger partial charge in [-0.2, -0.15) is 0 Å². The molecule has 1 rings (SSSR count). The SMILES string of the molecule is CC(N)CCC(=O)N1CCOC(CO)C1. The van der Waals surface area contributed by atoms with E-state index < -0.39 is 0 Å². The molecular weight excluding hydrogens is 196 g/mol. The minimum atomic E-state index is -0.224. The van der Waals surface area contributed by atoms with Crippen LogP contribution in [0.4, 0.5) is 0 Å². The van der Waals surface area contributed by atoms with Gasteiger partial charge in [-0.15, -0.1) is 0 Å². The molecule has 3 N–H and O–H groups in total. The second-order valence-electron chi connectivity index (χ2n) is 4.03. The molecule has 0 aromatic carbocycles. The van der Waals surface area contributed by atoms with Crippen LogP contribution in [0.1, 0.15) is 19.8 Å². The first-order valence-corrected chi connectivity index (χ1v) is 5.39. The van der Waals surface area contributed by atoms with Crippen molar-refractivity contribution in [3.05, 3.63) is 0 Å². The van der Waals surface area contributed by atoms with Gasteiger partial charge in [0.2, 0.25) is 5.91 Å². The van der Waals surface area contributed by atoms with Crippen LogP contribution in [0.15, 0.2) is 0 Å². The summed E-state index contributed by atoms with van der Waals surface area (Å²) in [6.07, 6.45) is 0.966. The largest absolute Gasteiger partial charge is 0.394 e. The Balaban J connectivity index is 2.32. The standard InChI is InChI=1S/C10H20N2O3/c1-8(11)2-3-10(14)12-4-5-15-9(6-12)7-13/h8-9,13H,2-7,11H2,1H3. The zero-order valence-electron chi connectivity index (χ0n) is 9.19. The highest BCUT2D eigenvalue weighted by Crippen LogP contribution is 2.07. The molecule has 2 unspecified atom stereocenters. The van der Waals surface area contributed by atoms with Crippen molar-refractivity contribution in [2.24, 2.45) is 5.73 Å². The first-order valence-electron chi connectivity index (χ1n) is 5.39. The number of carbonyl (C=O) groups excluding carboxylic acids is 1. The molecule has 1 heterocycles. The number of ether oxygens (including phenoxy) is 1. The molecule has 1 fully saturated rings. The van der Waals surface area contributed by atoms with Crippen molar-refractivity contribution in [2.45, 2.75) is 31.9 Å². The van der Waals surface area contributed by atoms with Crippen LogP contribution in [0.25, 0.3) is 0 Å². The van der Waals surface area contributed by atoms with Gasteiger partial charge < -0.3 is 20.5 Å². The van der Waals surface area contributed by atoms with Crippen molar-refractivity contribution >= 4 is 5.91 Å². The van der Waals surface area contributed by atoms with Crippen LogP contribution in [0.2, 0.25) is 0 Å². The number of amides is 1. The van der Waals surface area contributed by atoms with Crippen LogP contribution in [0.5, 0.6) is 0 Å². The maximum absolute atomic E-state index is 11.7. The van der Waals surface area contributed by atoms with Gasteiger partial charge in [-0.1, -0.05) is 0 Å². The highest BCUT2D eigenvalue weighted by Gasteiger charge is 2.23. The summed E-state index contributed by atoms with van der Waals surface area (Å²) in [4.78, 5) is 13.4. The van der Waals surface area contributed by atoms with Crippen LogP contribution in [-0.2, 0) is 9.53 Å². The highest BCUT2D eigenvalue weighted by atomic mass is 16.5. The van der Waals surface area contributed by atoms with Gasteiger partial charge in [0.1, 0.15) is 0 Å².